The fraction of sp³-hybridized carbons (Fsp3) is 0.105. The van der Waals surface area contributed by atoms with Gasteiger partial charge in [-0.25, -0.2) is 0 Å². The molecule has 25 heavy (non-hydrogen) atoms. The van der Waals surface area contributed by atoms with E-state index in [9.17, 15) is 14.4 Å². The van der Waals surface area contributed by atoms with Gasteiger partial charge in [0.05, 0.1) is 11.2 Å². The van der Waals surface area contributed by atoms with Crippen LogP contribution in [0.2, 0.25) is 0 Å². The molecule has 6 heteroatoms. The number of nitrogens with one attached hydrogen (secondary N) is 3. The number of benzene rings is 2. The normalized spacial score (nSPS) is 10.4. The fourth-order valence-corrected chi connectivity index (χ4v) is 2.55. The fourth-order valence-electron chi connectivity index (χ4n) is 2.55. The summed E-state index contributed by atoms with van der Waals surface area (Å²) < 4.78 is 0. The van der Waals surface area contributed by atoms with Crippen LogP contribution in [-0.2, 0) is 0 Å². The third kappa shape index (κ3) is 3.42. The molecule has 0 saturated heterocycles. The van der Waals surface area contributed by atoms with Crippen LogP contribution in [0.15, 0.2) is 59.4 Å². The van der Waals surface area contributed by atoms with Gasteiger partial charge in [0.25, 0.3) is 17.4 Å². The van der Waals surface area contributed by atoms with Gasteiger partial charge in [-0.1, -0.05) is 24.3 Å². The summed E-state index contributed by atoms with van der Waals surface area (Å²) in [6, 6.07) is 15.5. The molecule has 0 spiro atoms. The number of aromatic amines is 1. The summed E-state index contributed by atoms with van der Waals surface area (Å²) in [7, 11) is 0. The predicted molar refractivity (Wildman–Crippen MR) is 97.0 cm³/mol. The molecule has 2 amide bonds. The average molecular weight is 335 g/mol. The molecule has 126 valence electrons. The summed E-state index contributed by atoms with van der Waals surface area (Å²) in [4.78, 5) is 39.2. The van der Waals surface area contributed by atoms with Crippen molar-refractivity contribution in [2.45, 2.75) is 6.92 Å². The van der Waals surface area contributed by atoms with E-state index in [0.717, 1.165) is 0 Å². The molecule has 2 aromatic carbocycles. The van der Waals surface area contributed by atoms with Gasteiger partial charge in [0.15, 0.2) is 0 Å². The number of aromatic nitrogens is 1. The van der Waals surface area contributed by atoms with Crippen LogP contribution in [0.3, 0.4) is 0 Å². The Morgan fingerprint density at radius 3 is 2.48 bits per heavy atom. The molecule has 6 nitrogen and oxygen atoms in total. The van der Waals surface area contributed by atoms with E-state index in [-0.39, 0.29) is 11.5 Å². The van der Waals surface area contributed by atoms with Crippen LogP contribution in [0.25, 0.3) is 10.9 Å². The number of hydrogen-bond acceptors (Lipinski definition) is 3. The van der Waals surface area contributed by atoms with Gasteiger partial charge in [-0.15, -0.1) is 0 Å². The van der Waals surface area contributed by atoms with E-state index < -0.39 is 11.5 Å². The zero-order valence-corrected chi connectivity index (χ0v) is 13.6. The Morgan fingerprint density at radius 1 is 1.00 bits per heavy atom. The summed E-state index contributed by atoms with van der Waals surface area (Å²) >= 11 is 0. The van der Waals surface area contributed by atoms with Crippen molar-refractivity contribution in [3.05, 3.63) is 76.1 Å². The highest BCUT2D eigenvalue weighted by molar-refractivity contribution is 6.09. The van der Waals surface area contributed by atoms with Crippen molar-refractivity contribution >= 4 is 28.4 Å². The number of fused-ring (bicyclic) bond motifs is 1. The second kappa shape index (κ2) is 7.00. The third-order valence-electron chi connectivity index (χ3n) is 3.75. The molecule has 0 fully saturated rings. The lowest BCUT2D eigenvalue weighted by atomic mass is 10.1. The molecule has 3 rings (SSSR count). The molecule has 0 aliphatic carbocycles. The van der Waals surface area contributed by atoms with Gasteiger partial charge < -0.3 is 15.6 Å². The van der Waals surface area contributed by atoms with E-state index >= 15 is 0 Å². The van der Waals surface area contributed by atoms with Crippen molar-refractivity contribution in [3.63, 3.8) is 0 Å². The molecule has 1 aromatic heterocycles. The molecular formula is C19H17N3O3. The Morgan fingerprint density at radius 2 is 1.76 bits per heavy atom. The van der Waals surface area contributed by atoms with Gasteiger partial charge in [0.1, 0.15) is 5.56 Å². The zero-order chi connectivity index (χ0) is 17.8. The Hall–Kier alpha value is -3.41. The third-order valence-corrected chi connectivity index (χ3v) is 3.75. The first-order chi connectivity index (χ1) is 12.1. The van der Waals surface area contributed by atoms with Crippen molar-refractivity contribution in [1.82, 2.24) is 10.3 Å². The maximum absolute atomic E-state index is 12.4. The Balaban J connectivity index is 2.03. The molecule has 1 heterocycles. The van der Waals surface area contributed by atoms with Gasteiger partial charge in [-0.2, -0.15) is 0 Å². The van der Waals surface area contributed by atoms with E-state index in [4.69, 9.17) is 0 Å². The highest BCUT2D eigenvalue weighted by Crippen LogP contribution is 2.22. The van der Waals surface area contributed by atoms with E-state index in [1.54, 1.807) is 49.4 Å². The number of rotatable bonds is 4. The SMILES string of the molecule is CCNC(=O)c1cc2c(NC(=O)c3ccccc3)cccc2[nH]c1=O. The van der Waals surface area contributed by atoms with Crippen LogP contribution < -0.4 is 16.2 Å². The standard InChI is InChI=1S/C19H17N3O3/c1-2-20-18(24)14-11-13-15(9-6-10-16(13)22-19(14)25)21-17(23)12-7-4-3-5-8-12/h3-11H,2H2,1H3,(H,20,24)(H,21,23)(H,22,25). The minimum Gasteiger partial charge on any atom is -0.352 e. The lowest BCUT2D eigenvalue weighted by Crippen LogP contribution is -2.29. The van der Waals surface area contributed by atoms with Crippen LogP contribution >= 0.6 is 0 Å². The molecule has 0 unspecified atom stereocenters. The second-order valence-electron chi connectivity index (χ2n) is 5.46. The number of H-pyrrole nitrogens is 1. The number of pyridine rings is 1. The van der Waals surface area contributed by atoms with Crippen LogP contribution in [-0.4, -0.2) is 23.3 Å². The molecule has 0 aliphatic rings. The lowest BCUT2D eigenvalue weighted by Gasteiger charge is -2.10. The number of anilines is 1. The van der Waals surface area contributed by atoms with E-state index in [0.29, 0.717) is 28.7 Å². The van der Waals surface area contributed by atoms with E-state index in [1.807, 2.05) is 6.07 Å². The highest BCUT2D eigenvalue weighted by Gasteiger charge is 2.14. The van der Waals surface area contributed by atoms with Crippen molar-refractivity contribution in [3.8, 4) is 0 Å². The molecular weight excluding hydrogens is 318 g/mol. The number of hydrogen-bond donors (Lipinski definition) is 3. The first kappa shape index (κ1) is 16.4. The first-order valence-electron chi connectivity index (χ1n) is 7.91. The summed E-state index contributed by atoms with van der Waals surface area (Å²) in [6.45, 7) is 2.20. The van der Waals surface area contributed by atoms with Gasteiger partial charge >= 0.3 is 0 Å². The van der Waals surface area contributed by atoms with E-state index in [2.05, 4.69) is 15.6 Å². The maximum atomic E-state index is 12.4. The smallest absolute Gasteiger partial charge is 0.261 e. The largest absolute Gasteiger partial charge is 0.352 e. The van der Waals surface area contributed by atoms with E-state index in [1.165, 1.54) is 6.07 Å². The van der Waals surface area contributed by atoms with Crippen molar-refractivity contribution in [2.24, 2.45) is 0 Å². The number of amides is 2. The van der Waals surface area contributed by atoms with Gasteiger partial charge in [0.2, 0.25) is 0 Å². The molecule has 3 N–H and O–H groups in total. The molecule has 3 aromatic rings. The Bertz CT molecular complexity index is 994. The predicted octanol–water partition coefficient (Wildman–Crippen LogP) is 2.53. The second-order valence-corrected chi connectivity index (χ2v) is 5.46. The van der Waals surface area contributed by atoms with Crippen LogP contribution in [0.4, 0.5) is 5.69 Å². The van der Waals surface area contributed by atoms with Crippen LogP contribution in [0.5, 0.6) is 0 Å². The number of carbonyl (C=O) groups is 2. The minimum absolute atomic E-state index is 0.00996. The molecule has 0 bridgehead atoms. The Kier molecular flexibility index (Phi) is 4.61. The molecule has 0 atom stereocenters. The van der Waals surface area contributed by atoms with Crippen molar-refractivity contribution in [1.29, 1.82) is 0 Å². The van der Waals surface area contributed by atoms with Crippen molar-refractivity contribution < 1.29 is 9.59 Å². The Labute approximate surface area is 143 Å². The average Bonchev–Trinajstić information content (AvgIpc) is 2.62. The molecule has 0 saturated carbocycles. The summed E-state index contributed by atoms with van der Waals surface area (Å²) in [5.74, 6) is -0.714. The van der Waals surface area contributed by atoms with Gasteiger partial charge in [-0.05, 0) is 37.3 Å². The quantitative estimate of drug-likeness (QED) is 0.684. The zero-order valence-electron chi connectivity index (χ0n) is 13.6. The van der Waals surface area contributed by atoms with Gasteiger partial charge in [-0.3, -0.25) is 14.4 Å². The summed E-state index contributed by atoms with van der Waals surface area (Å²) in [5, 5.41) is 6.02. The minimum atomic E-state index is -0.468. The maximum Gasteiger partial charge on any atom is 0.261 e. The van der Waals surface area contributed by atoms with Crippen LogP contribution in [0, 0.1) is 0 Å². The highest BCUT2D eigenvalue weighted by atomic mass is 16.2. The topological polar surface area (TPSA) is 91.1 Å². The van der Waals surface area contributed by atoms with Crippen molar-refractivity contribution in [2.75, 3.05) is 11.9 Å². The van der Waals surface area contributed by atoms with Gasteiger partial charge in [0, 0.05) is 17.5 Å². The molecule has 0 radical (unpaired) electrons. The molecule has 0 aliphatic heterocycles. The lowest BCUT2D eigenvalue weighted by molar-refractivity contribution is 0.0953. The summed E-state index contributed by atoms with van der Waals surface area (Å²) in [6.07, 6.45) is 0. The summed E-state index contributed by atoms with van der Waals surface area (Å²) in [5.41, 5.74) is 1.13. The first-order valence-corrected chi connectivity index (χ1v) is 7.91. The van der Waals surface area contributed by atoms with Crippen LogP contribution in [0.1, 0.15) is 27.6 Å². The monoisotopic (exact) mass is 335 g/mol. The number of carbonyl (C=O) groups excluding carboxylic acids is 2.